The Morgan fingerprint density at radius 1 is 1.12 bits per heavy atom. The smallest absolute Gasteiger partial charge is 0.249 e. The van der Waals surface area contributed by atoms with E-state index in [2.05, 4.69) is 25.6 Å². The Balaban J connectivity index is 1.73. The number of anilines is 2. The molecule has 1 N–H and O–H groups in total. The van der Waals surface area contributed by atoms with Crippen molar-refractivity contribution < 1.29 is 0 Å². The summed E-state index contributed by atoms with van der Waals surface area (Å²) in [6.45, 7) is 1.88. The first kappa shape index (κ1) is 15.3. The van der Waals surface area contributed by atoms with Gasteiger partial charge in [-0.3, -0.25) is 0 Å². The van der Waals surface area contributed by atoms with Gasteiger partial charge in [-0.15, -0.1) is 21.5 Å². The van der Waals surface area contributed by atoms with Crippen LogP contribution in [0.2, 0.25) is 10.0 Å². The van der Waals surface area contributed by atoms with Crippen LogP contribution in [0, 0.1) is 6.92 Å². The van der Waals surface area contributed by atoms with E-state index in [1.807, 2.05) is 30.5 Å². The summed E-state index contributed by atoms with van der Waals surface area (Å²) in [5.74, 6) is 1.03. The quantitative estimate of drug-likeness (QED) is 0.565. The lowest BCUT2D eigenvalue weighted by Crippen LogP contribution is -1.98. The Morgan fingerprint density at radius 3 is 2.79 bits per heavy atom. The zero-order chi connectivity index (χ0) is 16.7. The molecule has 0 saturated carbocycles. The second-order valence-corrected chi connectivity index (χ2v) is 6.74. The molecule has 0 radical (unpaired) electrons. The third-order valence-corrected chi connectivity index (χ3v) is 4.70. The highest BCUT2D eigenvalue weighted by Gasteiger charge is 2.14. The molecule has 3 heterocycles. The molecule has 3 aromatic heterocycles. The van der Waals surface area contributed by atoms with Crippen LogP contribution in [0.25, 0.3) is 16.2 Å². The predicted molar refractivity (Wildman–Crippen MR) is 96.4 cm³/mol. The third kappa shape index (κ3) is 2.82. The first-order valence-electron chi connectivity index (χ1n) is 6.97. The molecule has 0 aliphatic heterocycles. The Morgan fingerprint density at radius 2 is 2.00 bits per heavy atom. The van der Waals surface area contributed by atoms with Crippen molar-refractivity contribution in [3.05, 3.63) is 51.5 Å². The summed E-state index contributed by atoms with van der Waals surface area (Å²) in [5, 5.41) is 18.7. The van der Waals surface area contributed by atoms with E-state index in [-0.39, 0.29) is 0 Å². The molecule has 0 spiro atoms. The van der Waals surface area contributed by atoms with E-state index in [0.29, 0.717) is 21.8 Å². The van der Waals surface area contributed by atoms with Gasteiger partial charge >= 0.3 is 0 Å². The number of benzene rings is 1. The van der Waals surface area contributed by atoms with Gasteiger partial charge in [0.05, 0.1) is 16.4 Å². The molecule has 0 saturated heterocycles. The molecule has 0 bridgehead atoms. The van der Waals surface area contributed by atoms with Gasteiger partial charge in [-0.25, -0.2) is 4.52 Å². The first-order chi connectivity index (χ1) is 11.6. The van der Waals surface area contributed by atoms with Gasteiger partial charge in [0.1, 0.15) is 0 Å². The van der Waals surface area contributed by atoms with Crippen LogP contribution in [0.15, 0.2) is 35.7 Å². The van der Waals surface area contributed by atoms with Crippen LogP contribution in [0.4, 0.5) is 11.8 Å². The van der Waals surface area contributed by atoms with Crippen molar-refractivity contribution in [2.75, 3.05) is 5.32 Å². The molecule has 120 valence electrons. The lowest BCUT2D eigenvalue weighted by molar-refractivity contribution is 0.965. The van der Waals surface area contributed by atoms with E-state index >= 15 is 0 Å². The fourth-order valence-electron chi connectivity index (χ4n) is 2.19. The van der Waals surface area contributed by atoms with E-state index in [4.69, 9.17) is 23.2 Å². The maximum atomic E-state index is 6.29. The van der Waals surface area contributed by atoms with Crippen molar-refractivity contribution in [3.63, 3.8) is 0 Å². The summed E-state index contributed by atoms with van der Waals surface area (Å²) in [6, 6.07) is 9.02. The Bertz CT molecular complexity index is 1020. The molecule has 0 unspecified atom stereocenters. The summed E-state index contributed by atoms with van der Waals surface area (Å²) in [6.07, 6.45) is 0. The van der Waals surface area contributed by atoms with Crippen LogP contribution in [-0.2, 0) is 0 Å². The van der Waals surface area contributed by atoms with Crippen LogP contribution in [-0.4, -0.2) is 24.8 Å². The minimum atomic E-state index is 0.444. The normalized spacial score (nSPS) is 11.1. The van der Waals surface area contributed by atoms with Gasteiger partial charge in [0, 0.05) is 16.0 Å². The van der Waals surface area contributed by atoms with E-state index in [1.165, 1.54) is 11.3 Å². The van der Waals surface area contributed by atoms with Gasteiger partial charge in [-0.05, 0) is 37.3 Å². The van der Waals surface area contributed by atoms with Crippen LogP contribution >= 0.6 is 34.5 Å². The molecule has 24 heavy (non-hydrogen) atoms. The molecule has 4 rings (SSSR count). The van der Waals surface area contributed by atoms with Crippen LogP contribution in [0.1, 0.15) is 5.69 Å². The number of nitrogens with one attached hydrogen (secondary N) is 1. The molecule has 4 aromatic rings. The molecule has 0 aliphatic carbocycles. The standard InChI is InChI=1S/C15H10Cl2N6S/c1-8-2-5-13(21-20-8)18-14-19-15-23(22-14)12(7-24-15)10-6-9(16)3-4-11(10)17/h2-7H,1H3,(H,18,21,22). The molecule has 0 amide bonds. The van der Waals surface area contributed by atoms with Crippen LogP contribution in [0.3, 0.4) is 0 Å². The highest BCUT2D eigenvalue weighted by molar-refractivity contribution is 7.15. The summed E-state index contributed by atoms with van der Waals surface area (Å²) in [5.41, 5.74) is 2.48. The highest BCUT2D eigenvalue weighted by Crippen LogP contribution is 2.33. The average molecular weight is 377 g/mol. The van der Waals surface area contributed by atoms with Gasteiger partial charge in [0.2, 0.25) is 10.9 Å². The number of nitrogens with zero attached hydrogens (tertiary/aromatic N) is 5. The van der Waals surface area contributed by atoms with Gasteiger partial charge in [0.25, 0.3) is 0 Å². The molecule has 9 heteroatoms. The fraction of sp³-hybridized carbons (Fsp3) is 0.0667. The van der Waals surface area contributed by atoms with Gasteiger partial charge < -0.3 is 5.32 Å². The molecule has 1 aromatic carbocycles. The van der Waals surface area contributed by atoms with E-state index < -0.39 is 0 Å². The molecule has 0 aliphatic rings. The molecule has 0 fully saturated rings. The average Bonchev–Trinajstić information content (AvgIpc) is 3.12. The Kier molecular flexibility index (Phi) is 3.84. The summed E-state index contributed by atoms with van der Waals surface area (Å²) >= 11 is 13.8. The van der Waals surface area contributed by atoms with Crippen LogP contribution < -0.4 is 5.32 Å². The van der Waals surface area contributed by atoms with Crippen molar-refractivity contribution in [1.29, 1.82) is 0 Å². The van der Waals surface area contributed by atoms with E-state index in [1.54, 1.807) is 16.6 Å². The minimum Gasteiger partial charge on any atom is -0.306 e. The van der Waals surface area contributed by atoms with Crippen molar-refractivity contribution in [2.45, 2.75) is 6.92 Å². The maximum absolute atomic E-state index is 6.29. The first-order valence-corrected chi connectivity index (χ1v) is 8.61. The Hall–Kier alpha value is -2.22. The third-order valence-electron chi connectivity index (χ3n) is 3.32. The lowest BCUT2D eigenvalue weighted by atomic mass is 10.2. The monoisotopic (exact) mass is 376 g/mol. The largest absolute Gasteiger partial charge is 0.306 e. The minimum absolute atomic E-state index is 0.444. The highest BCUT2D eigenvalue weighted by atomic mass is 35.5. The molecular weight excluding hydrogens is 367 g/mol. The number of hydrogen-bond acceptors (Lipinski definition) is 6. The number of aryl methyl sites for hydroxylation is 1. The van der Waals surface area contributed by atoms with Crippen molar-refractivity contribution in [2.24, 2.45) is 0 Å². The lowest BCUT2D eigenvalue weighted by Gasteiger charge is -2.03. The van der Waals surface area contributed by atoms with E-state index in [0.717, 1.165) is 21.9 Å². The number of fused-ring (bicyclic) bond motifs is 1. The SMILES string of the molecule is Cc1ccc(Nc2nc3scc(-c4cc(Cl)ccc4Cl)n3n2)nn1. The molecular formula is C15H10Cl2N6S. The molecule has 6 nitrogen and oxygen atoms in total. The van der Waals surface area contributed by atoms with Crippen LogP contribution in [0.5, 0.6) is 0 Å². The summed E-state index contributed by atoms with van der Waals surface area (Å²) < 4.78 is 1.73. The van der Waals surface area contributed by atoms with Gasteiger partial charge in [0.15, 0.2) is 5.82 Å². The summed E-state index contributed by atoms with van der Waals surface area (Å²) in [7, 11) is 0. The maximum Gasteiger partial charge on any atom is 0.249 e. The topological polar surface area (TPSA) is 68.0 Å². The van der Waals surface area contributed by atoms with Crippen molar-refractivity contribution in [3.8, 4) is 11.3 Å². The van der Waals surface area contributed by atoms with Crippen molar-refractivity contribution >= 4 is 51.3 Å². The molecule has 0 atom stereocenters. The van der Waals surface area contributed by atoms with E-state index in [9.17, 15) is 0 Å². The predicted octanol–water partition coefficient (Wildman–Crippen LogP) is 4.61. The number of halogens is 2. The number of rotatable bonds is 3. The Labute approximate surface area is 151 Å². The number of hydrogen-bond donors (Lipinski definition) is 1. The number of thiazole rings is 1. The van der Waals surface area contributed by atoms with Crippen molar-refractivity contribution in [1.82, 2.24) is 24.8 Å². The second-order valence-electron chi connectivity index (χ2n) is 5.06. The fourth-order valence-corrected chi connectivity index (χ4v) is 3.40. The summed E-state index contributed by atoms with van der Waals surface area (Å²) in [4.78, 5) is 5.18. The van der Waals surface area contributed by atoms with Gasteiger partial charge in [-0.1, -0.05) is 23.2 Å². The zero-order valence-corrected chi connectivity index (χ0v) is 14.7. The van der Waals surface area contributed by atoms with Gasteiger partial charge in [-0.2, -0.15) is 10.1 Å². The number of aromatic nitrogens is 5. The zero-order valence-electron chi connectivity index (χ0n) is 12.4. The second kappa shape index (κ2) is 6.01.